The molecule has 1 fully saturated rings. The van der Waals surface area contributed by atoms with Gasteiger partial charge in [0, 0.05) is 26.2 Å². The molecule has 1 aromatic carbocycles. The average Bonchev–Trinajstić information content (AvgIpc) is 2.80. The molecule has 6 heteroatoms. The molecule has 0 saturated carbocycles. The van der Waals surface area contributed by atoms with Crippen molar-refractivity contribution in [3.05, 3.63) is 24.3 Å². The fourth-order valence-electron chi connectivity index (χ4n) is 2.56. The monoisotopic (exact) mass is 305 g/mol. The number of para-hydroxylation sites is 1. The molecule has 112 valence electrons. The van der Waals surface area contributed by atoms with Crippen LogP contribution in [0.1, 0.15) is 6.42 Å². The standard InChI is InChI=1S/C15H19N3O2S/c1-20-14(19)11-17-7-4-8-18(10-9-17)15-16-12-5-2-3-6-13(12)21-15/h2-3,5-6H,4,7-11H2,1H3. The van der Waals surface area contributed by atoms with E-state index in [1.165, 1.54) is 11.8 Å². The van der Waals surface area contributed by atoms with E-state index in [4.69, 9.17) is 9.72 Å². The Bertz CT molecular complexity index is 595. The van der Waals surface area contributed by atoms with Crippen LogP contribution in [0.15, 0.2) is 24.3 Å². The minimum absolute atomic E-state index is 0.163. The van der Waals surface area contributed by atoms with E-state index in [0.717, 1.165) is 43.2 Å². The number of benzene rings is 1. The van der Waals surface area contributed by atoms with Crippen molar-refractivity contribution in [1.29, 1.82) is 0 Å². The van der Waals surface area contributed by atoms with Crippen LogP contribution in [0.2, 0.25) is 0 Å². The Labute approximate surface area is 128 Å². The van der Waals surface area contributed by atoms with Crippen LogP contribution in [0, 0.1) is 0 Å². The Kier molecular flexibility index (Phi) is 4.36. The zero-order chi connectivity index (χ0) is 14.7. The predicted octanol–water partition coefficient (Wildman–Crippen LogP) is 1.98. The van der Waals surface area contributed by atoms with Crippen LogP contribution in [0.4, 0.5) is 5.13 Å². The highest BCUT2D eigenvalue weighted by Gasteiger charge is 2.19. The van der Waals surface area contributed by atoms with Gasteiger partial charge >= 0.3 is 5.97 Å². The number of methoxy groups -OCH3 is 1. The normalized spacial score (nSPS) is 16.9. The van der Waals surface area contributed by atoms with Gasteiger partial charge in [-0.05, 0) is 18.6 Å². The van der Waals surface area contributed by atoms with E-state index in [9.17, 15) is 4.79 Å². The number of anilines is 1. The molecule has 1 saturated heterocycles. The Morgan fingerprint density at radius 2 is 2.14 bits per heavy atom. The number of rotatable bonds is 3. The van der Waals surface area contributed by atoms with Crippen LogP contribution in [0.25, 0.3) is 10.2 Å². The lowest BCUT2D eigenvalue weighted by atomic mass is 10.3. The van der Waals surface area contributed by atoms with Crippen molar-refractivity contribution < 1.29 is 9.53 Å². The van der Waals surface area contributed by atoms with E-state index in [1.54, 1.807) is 11.3 Å². The van der Waals surface area contributed by atoms with E-state index in [0.29, 0.717) is 6.54 Å². The largest absolute Gasteiger partial charge is 0.468 e. The molecular formula is C15H19N3O2S. The molecule has 2 aromatic rings. The fourth-order valence-corrected chi connectivity index (χ4v) is 3.58. The number of fused-ring (bicyclic) bond motifs is 1. The molecule has 0 bridgehead atoms. The summed E-state index contributed by atoms with van der Waals surface area (Å²) in [6, 6.07) is 8.23. The first-order chi connectivity index (χ1) is 10.3. The molecule has 3 rings (SSSR count). The van der Waals surface area contributed by atoms with E-state index in [1.807, 2.05) is 12.1 Å². The van der Waals surface area contributed by atoms with Crippen LogP contribution in [-0.2, 0) is 9.53 Å². The molecule has 5 nitrogen and oxygen atoms in total. The minimum atomic E-state index is -0.163. The third kappa shape index (κ3) is 3.33. The van der Waals surface area contributed by atoms with E-state index in [2.05, 4.69) is 21.9 Å². The number of hydrogen-bond acceptors (Lipinski definition) is 6. The summed E-state index contributed by atoms with van der Waals surface area (Å²) < 4.78 is 5.97. The zero-order valence-electron chi connectivity index (χ0n) is 12.1. The summed E-state index contributed by atoms with van der Waals surface area (Å²) in [7, 11) is 1.44. The molecule has 0 N–H and O–H groups in total. The van der Waals surface area contributed by atoms with Crippen molar-refractivity contribution in [2.24, 2.45) is 0 Å². The molecule has 21 heavy (non-hydrogen) atoms. The first-order valence-corrected chi connectivity index (χ1v) is 7.97. The number of carbonyl (C=O) groups excluding carboxylic acids is 1. The summed E-state index contributed by atoms with van der Waals surface area (Å²) in [6.45, 7) is 4.06. The summed E-state index contributed by atoms with van der Waals surface area (Å²) in [5, 5.41) is 1.08. The quantitative estimate of drug-likeness (QED) is 0.812. The number of thiazole rings is 1. The molecule has 0 spiro atoms. The van der Waals surface area contributed by atoms with Crippen molar-refractivity contribution in [2.75, 3.05) is 44.7 Å². The maximum absolute atomic E-state index is 11.4. The Hall–Kier alpha value is -1.66. The number of ether oxygens (including phenoxy) is 1. The third-order valence-electron chi connectivity index (χ3n) is 3.72. The first kappa shape index (κ1) is 14.3. The lowest BCUT2D eigenvalue weighted by Crippen LogP contribution is -2.34. The van der Waals surface area contributed by atoms with Gasteiger partial charge in [-0.15, -0.1) is 0 Å². The van der Waals surface area contributed by atoms with Crippen molar-refractivity contribution in [2.45, 2.75) is 6.42 Å². The number of aromatic nitrogens is 1. The summed E-state index contributed by atoms with van der Waals surface area (Å²) >= 11 is 1.74. The third-order valence-corrected chi connectivity index (χ3v) is 4.82. The van der Waals surface area contributed by atoms with E-state index < -0.39 is 0 Å². The maximum atomic E-state index is 11.4. The second kappa shape index (κ2) is 6.41. The van der Waals surface area contributed by atoms with Gasteiger partial charge in [0.15, 0.2) is 5.13 Å². The van der Waals surface area contributed by atoms with Gasteiger partial charge in [-0.25, -0.2) is 4.98 Å². The van der Waals surface area contributed by atoms with Crippen molar-refractivity contribution >= 4 is 32.7 Å². The zero-order valence-corrected chi connectivity index (χ0v) is 12.9. The minimum Gasteiger partial charge on any atom is -0.468 e. The highest BCUT2D eigenvalue weighted by molar-refractivity contribution is 7.22. The van der Waals surface area contributed by atoms with Crippen LogP contribution >= 0.6 is 11.3 Å². The van der Waals surface area contributed by atoms with Crippen LogP contribution < -0.4 is 4.90 Å². The summed E-state index contributed by atoms with van der Waals surface area (Å²) in [5.74, 6) is -0.163. The van der Waals surface area contributed by atoms with Crippen LogP contribution in [0.3, 0.4) is 0 Å². The van der Waals surface area contributed by atoms with Crippen molar-refractivity contribution in [3.8, 4) is 0 Å². The molecule has 0 radical (unpaired) electrons. The Balaban J connectivity index is 1.68. The molecule has 1 aliphatic heterocycles. The number of carbonyl (C=O) groups is 1. The highest BCUT2D eigenvalue weighted by atomic mass is 32.1. The summed E-state index contributed by atoms with van der Waals surface area (Å²) in [4.78, 5) is 20.6. The summed E-state index contributed by atoms with van der Waals surface area (Å²) in [5.41, 5.74) is 1.06. The molecule has 2 heterocycles. The predicted molar refractivity (Wildman–Crippen MR) is 84.9 cm³/mol. The molecule has 0 amide bonds. The average molecular weight is 305 g/mol. The Morgan fingerprint density at radius 1 is 1.29 bits per heavy atom. The summed E-state index contributed by atoms with van der Waals surface area (Å²) in [6.07, 6.45) is 1.03. The van der Waals surface area contributed by atoms with Gasteiger partial charge in [0.1, 0.15) is 0 Å². The maximum Gasteiger partial charge on any atom is 0.319 e. The molecule has 0 atom stereocenters. The SMILES string of the molecule is COC(=O)CN1CCCN(c2nc3ccccc3s2)CC1. The van der Waals surface area contributed by atoms with Gasteiger partial charge in [0.05, 0.1) is 23.9 Å². The number of esters is 1. The van der Waals surface area contributed by atoms with Gasteiger partial charge in [-0.1, -0.05) is 23.5 Å². The Morgan fingerprint density at radius 3 is 2.95 bits per heavy atom. The fraction of sp³-hybridized carbons (Fsp3) is 0.467. The lowest BCUT2D eigenvalue weighted by molar-refractivity contribution is -0.141. The van der Waals surface area contributed by atoms with Crippen LogP contribution in [0.5, 0.6) is 0 Å². The van der Waals surface area contributed by atoms with Gasteiger partial charge in [-0.2, -0.15) is 0 Å². The highest BCUT2D eigenvalue weighted by Crippen LogP contribution is 2.29. The second-order valence-corrected chi connectivity index (χ2v) is 6.17. The van der Waals surface area contributed by atoms with Crippen molar-refractivity contribution in [1.82, 2.24) is 9.88 Å². The van der Waals surface area contributed by atoms with Gasteiger partial charge in [-0.3, -0.25) is 9.69 Å². The molecular weight excluding hydrogens is 286 g/mol. The second-order valence-electron chi connectivity index (χ2n) is 5.16. The topological polar surface area (TPSA) is 45.7 Å². The lowest BCUT2D eigenvalue weighted by Gasteiger charge is -2.20. The first-order valence-electron chi connectivity index (χ1n) is 7.16. The van der Waals surface area contributed by atoms with Gasteiger partial charge < -0.3 is 9.64 Å². The van der Waals surface area contributed by atoms with Crippen molar-refractivity contribution in [3.63, 3.8) is 0 Å². The molecule has 0 aliphatic carbocycles. The smallest absolute Gasteiger partial charge is 0.319 e. The van der Waals surface area contributed by atoms with Crippen LogP contribution in [-0.4, -0.2) is 55.7 Å². The number of hydrogen-bond donors (Lipinski definition) is 0. The van der Waals surface area contributed by atoms with Gasteiger partial charge in [0.2, 0.25) is 0 Å². The number of nitrogens with zero attached hydrogens (tertiary/aromatic N) is 3. The molecule has 1 aromatic heterocycles. The van der Waals surface area contributed by atoms with E-state index in [-0.39, 0.29) is 5.97 Å². The molecule has 1 aliphatic rings. The van der Waals surface area contributed by atoms with Gasteiger partial charge in [0.25, 0.3) is 0 Å². The molecule has 0 unspecified atom stereocenters. The van der Waals surface area contributed by atoms with E-state index >= 15 is 0 Å².